The zero-order chi connectivity index (χ0) is 18.2. The summed E-state index contributed by atoms with van der Waals surface area (Å²) in [7, 11) is 0. The van der Waals surface area contributed by atoms with Crippen LogP contribution >= 0.6 is 0 Å². The van der Waals surface area contributed by atoms with Crippen LogP contribution in [0.3, 0.4) is 0 Å². The molecule has 0 saturated carbocycles. The van der Waals surface area contributed by atoms with Crippen molar-refractivity contribution in [2.24, 2.45) is 5.16 Å². The van der Waals surface area contributed by atoms with Crippen molar-refractivity contribution in [3.8, 4) is 11.5 Å². The second-order valence-corrected chi connectivity index (χ2v) is 5.75. The molecule has 1 aliphatic rings. The summed E-state index contributed by atoms with van der Waals surface area (Å²) in [5, 5.41) is 3.95. The Morgan fingerprint density at radius 2 is 2.19 bits per heavy atom. The minimum atomic E-state index is -0.435. The molecule has 1 aromatic carbocycles. The quantitative estimate of drug-likeness (QED) is 0.296. The Bertz CT molecular complexity index is 758. The molecule has 0 atom stereocenters. The lowest BCUT2D eigenvalue weighted by Gasteiger charge is -2.06. The molecule has 8 nitrogen and oxygen atoms in total. The summed E-state index contributed by atoms with van der Waals surface area (Å²) in [6.07, 6.45) is 7.10. The van der Waals surface area contributed by atoms with Gasteiger partial charge < -0.3 is 23.6 Å². The van der Waals surface area contributed by atoms with Gasteiger partial charge in [-0.25, -0.2) is 9.78 Å². The van der Waals surface area contributed by atoms with E-state index in [1.54, 1.807) is 19.4 Å². The summed E-state index contributed by atoms with van der Waals surface area (Å²) in [5.41, 5.74) is 1.47. The van der Waals surface area contributed by atoms with E-state index in [1.165, 1.54) is 0 Å². The van der Waals surface area contributed by atoms with Crippen molar-refractivity contribution < 1.29 is 23.8 Å². The third kappa shape index (κ3) is 4.98. The second-order valence-electron chi connectivity index (χ2n) is 5.75. The van der Waals surface area contributed by atoms with Crippen LogP contribution in [0, 0.1) is 0 Å². The number of hydrogen-bond acceptors (Lipinski definition) is 7. The summed E-state index contributed by atoms with van der Waals surface area (Å²) >= 11 is 0. The number of carbonyl (C=O) groups excluding carboxylic acids is 1. The Hall–Kier alpha value is -3.03. The number of fused-ring (bicyclic) bond motifs is 1. The number of hydrogen-bond donors (Lipinski definition) is 0. The van der Waals surface area contributed by atoms with E-state index < -0.39 is 5.97 Å². The van der Waals surface area contributed by atoms with Crippen molar-refractivity contribution in [2.45, 2.75) is 26.3 Å². The fourth-order valence-corrected chi connectivity index (χ4v) is 2.40. The highest BCUT2D eigenvalue weighted by atomic mass is 16.7. The molecule has 0 N–H and O–H groups in total. The summed E-state index contributed by atoms with van der Waals surface area (Å²) in [6, 6.07) is 5.49. The molecule has 138 valence electrons. The molecule has 1 aliphatic heterocycles. The second kappa shape index (κ2) is 8.89. The number of esters is 1. The standard InChI is InChI=1S/C18H21N3O5/c1-14(15-4-5-16-17(10-15)25-13-24-16)20-26-11-18(22)23-9-3-2-7-21-8-6-19-12-21/h4-6,8,10,12H,2-3,7,9,11,13H2,1H3/b20-14+. The lowest BCUT2D eigenvalue weighted by Crippen LogP contribution is -2.12. The van der Waals surface area contributed by atoms with Crippen LogP contribution in [0.25, 0.3) is 0 Å². The lowest BCUT2D eigenvalue weighted by atomic mass is 10.1. The molecule has 0 saturated heterocycles. The number of ether oxygens (including phenoxy) is 3. The largest absolute Gasteiger partial charge is 0.463 e. The van der Waals surface area contributed by atoms with E-state index in [9.17, 15) is 4.79 Å². The van der Waals surface area contributed by atoms with E-state index in [0.29, 0.717) is 23.8 Å². The topological polar surface area (TPSA) is 84.2 Å². The zero-order valence-electron chi connectivity index (χ0n) is 14.6. The normalized spacial score (nSPS) is 12.9. The Morgan fingerprint density at radius 3 is 3.04 bits per heavy atom. The molecule has 0 radical (unpaired) electrons. The van der Waals surface area contributed by atoms with Crippen molar-refractivity contribution in [2.75, 3.05) is 20.0 Å². The summed E-state index contributed by atoms with van der Waals surface area (Å²) < 4.78 is 17.7. The average molecular weight is 359 g/mol. The maximum Gasteiger partial charge on any atom is 0.347 e. The molecule has 8 heteroatoms. The number of carbonyl (C=O) groups is 1. The van der Waals surface area contributed by atoms with Crippen molar-refractivity contribution in [3.05, 3.63) is 42.5 Å². The molecule has 2 aromatic rings. The number of oxime groups is 1. The van der Waals surface area contributed by atoms with Gasteiger partial charge in [0.05, 0.1) is 18.6 Å². The van der Waals surface area contributed by atoms with Gasteiger partial charge in [0, 0.05) is 24.5 Å². The van der Waals surface area contributed by atoms with E-state index >= 15 is 0 Å². The van der Waals surface area contributed by atoms with Gasteiger partial charge in [0.25, 0.3) is 0 Å². The molecule has 26 heavy (non-hydrogen) atoms. The first-order valence-corrected chi connectivity index (χ1v) is 8.40. The van der Waals surface area contributed by atoms with Gasteiger partial charge in [-0.2, -0.15) is 0 Å². The van der Waals surface area contributed by atoms with Gasteiger partial charge in [-0.05, 0) is 38.0 Å². The van der Waals surface area contributed by atoms with Crippen molar-refractivity contribution in [1.29, 1.82) is 0 Å². The SMILES string of the molecule is C/C(=N\OCC(=O)OCCCCn1ccnc1)c1ccc2c(c1)OCO2. The molecular weight excluding hydrogens is 338 g/mol. The first-order chi connectivity index (χ1) is 12.7. The van der Waals surface area contributed by atoms with Crippen molar-refractivity contribution in [3.63, 3.8) is 0 Å². The van der Waals surface area contributed by atoms with Crippen LogP contribution in [0.15, 0.2) is 42.1 Å². The van der Waals surface area contributed by atoms with Gasteiger partial charge in [0.1, 0.15) is 0 Å². The summed E-state index contributed by atoms with van der Waals surface area (Å²) in [4.78, 5) is 20.7. The number of nitrogens with zero attached hydrogens (tertiary/aromatic N) is 3. The van der Waals surface area contributed by atoms with Crippen LogP contribution in [0.5, 0.6) is 11.5 Å². The van der Waals surface area contributed by atoms with Gasteiger partial charge in [0.2, 0.25) is 13.4 Å². The van der Waals surface area contributed by atoms with Gasteiger partial charge >= 0.3 is 5.97 Å². The first kappa shape index (κ1) is 17.8. The number of imidazole rings is 1. The number of unbranched alkanes of at least 4 members (excludes halogenated alkanes) is 1. The Balaban J connectivity index is 1.33. The van der Waals surface area contributed by atoms with E-state index in [0.717, 1.165) is 24.9 Å². The van der Waals surface area contributed by atoms with E-state index in [1.807, 2.05) is 29.0 Å². The smallest absolute Gasteiger partial charge is 0.347 e. The average Bonchev–Trinajstić information content (AvgIpc) is 3.32. The number of benzene rings is 1. The highest BCUT2D eigenvalue weighted by Gasteiger charge is 2.14. The molecular formula is C18H21N3O5. The van der Waals surface area contributed by atoms with E-state index in [-0.39, 0.29) is 13.4 Å². The van der Waals surface area contributed by atoms with Crippen LogP contribution in [0.2, 0.25) is 0 Å². The molecule has 0 fully saturated rings. The van der Waals surface area contributed by atoms with Crippen LogP contribution < -0.4 is 9.47 Å². The van der Waals surface area contributed by atoms with Gasteiger partial charge in [-0.1, -0.05) is 5.16 Å². The highest BCUT2D eigenvalue weighted by molar-refractivity contribution is 5.99. The van der Waals surface area contributed by atoms with Gasteiger partial charge in [-0.15, -0.1) is 0 Å². The fourth-order valence-electron chi connectivity index (χ4n) is 2.40. The molecule has 0 spiro atoms. The van der Waals surface area contributed by atoms with E-state index in [4.69, 9.17) is 19.0 Å². The zero-order valence-corrected chi connectivity index (χ0v) is 14.6. The molecule has 1 aromatic heterocycles. The third-order valence-electron chi connectivity index (χ3n) is 3.81. The monoisotopic (exact) mass is 359 g/mol. The van der Waals surface area contributed by atoms with Gasteiger partial charge in [0.15, 0.2) is 11.5 Å². The maximum absolute atomic E-state index is 11.6. The predicted octanol–water partition coefficient (Wildman–Crippen LogP) is 2.38. The molecule has 0 unspecified atom stereocenters. The van der Waals surface area contributed by atoms with Crippen LogP contribution in [-0.4, -0.2) is 41.2 Å². The molecule has 3 rings (SSSR count). The van der Waals surface area contributed by atoms with Crippen LogP contribution in [0.1, 0.15) is 25.3 Å². The number of rotatable bonds is 9. The summed E-state index contributed by atoms with van der Waals surface area (Å²) in [6.45, 7) is 3.01. The minimum absolute atomic E-state index is 0.219. The Labute approximate surface area is 151 Å². The molecule has 2 heterocycles. The third-order valence-corrected chi connectivity index (χ3v) is 3.81. The number of aromatic nitrogens is 2. The Morgan fingerprint density at radius 1 is 1.31 bits per heavy atom. The predicted molar refractivity (Wildman–Crippen MR) is 93.1 cm³/mol. The first-order valence-electron chi connectivity index (χ1n) is 8.40. The van der Waals surface area contributed by atoms with Crippen LogP contribution in [0.4, 0.5) is 0 Å². The summed E-state index contributed by atoms with van der Waals surface area (Å²) in [5.74, 6) is 0.945. The number of aryl methyl sites for hydroxylation is 1. The fraction of sp³-hybridized carbons (Fsp3) is 0.389. The maximum atomic E-state index is 11.6. The molecule has 0 bridgehead atoms. The molecule has 0 aliphatic carbocycles. The van der Waals surface area contributed by atoms with E-state index in [2.05, 4.69) is 10.1 Å². The van der Waals surface area contributed by atoms with Crippen molar-refractivity contribution >= 4 is 11.7 Å². The highest BCUT2D eigenvalue weighted by Crippen LogP contribution is 2.32. The Kier molecular flexibility index (Phi) is 6.08. The molecule has 0 amide bonds. The van der Waals surface area contributed by atoms with Crippen molar-refractivity contribution in [1.82, 2.24) is 9.55 Å². The van der Waals surface area contributed by atoms with Gasteiger partial charge in [-0.3, -0.25) is 0 Å². The minimum Gasteiger partial charge on any atom is -0.463 e. The van der Waals surface area contributed by atoms with Crippen LogP contribution in [-0.2, 0) is 20.9 Å². The lowest BCUT2D eigenvalue weighted by molar-refractivity contribution is -0.149.